The molecule has 1 unspecified atom stereocenters. The molecule has 1 atom stereocenters. The largest absolute Gasteiger partial charge is 0.316 e. The second-order valence-electron chi connectivity index (χ2n) is 3.82. The van der Waals surface area contributed by atoms with Crippen molar-refractivity contribution in [1.82, 2.24) is 5.32 Å². The zero-order valence-corrected chi connectivity index (χ0v) is 8.68. The van der Waals surface area contributed by atoms with Crippen molar-refractivity contribution in [2.24, 2.45) is 0 Å². The van der Waals surface area contributed by atoms with Crippen LogP contribution in [0.25, 0.3) is 0 Å². The van der Waals surface area contributed by atoms with Gasteiger partial charge in [0, 0.05) is 6.04 Å². The Kier molecular flexibility index (Phi) is 4.84. The summed E-state index contributed by atoms with van der Waals surface area (Å²) < 4.78 is 0. The van der Waals surface area contributed by atoms with E-state index in [-0.39, 0.29) is 0 Å². The number of allylic oxidation sites excluding steroid dienone is 1. The zero-order valence-electron chi connectivity index (χ0n) is 8.68. The maximum Gasteiger partial charge on any atom is 0.0136 e. The van der Waals surface area contributed by atoms with Crippen LogP contribution in [0.2, 0.25) is 0 Å². The molecule has 0 heterocycles. The summed E-state index contributed by atoms with van der Waals surface area (Å²) in [5.41, 5.74) is 1.65. The summed E-state index contributed by atoms with van der Waals surface area (Å²) in [4.78, 5) is 0. The van der Waals surface area contributed by atoms with E-state index >= 15 is 0 Å². The monoisotopic (exact) mass is 179 g/mol. The predicted octanol–water partition coefficient (Wildman–Crippen LogP) is 3.04. The van der Waals surface area contributed by atoms with Gasteiger partial charge in [-0.1, -0.05) is 17.7 Å². The minimum atomic E-state index is 0.599. The quantitative estimate of drug-likeness (QED) is 0.640. The lowest BCUT2D eigenvalue weighted by atomic mass is 9.93. The van der Waals surface area contributed by atoms with E-state index in [1.807, 2.05) is 13.1 Å². The molecule has 1 heteroatoms. The van der Waals surface area contributed by atoms with Gasteiger partial charge in [0.25, 0.3) is 0 Å². The summed E-state index contributed by atoms with van der Waals surface area (Å²) in [5, 5.41) is 3.34. The molecule has 13 heavy (non-hydrogen) atoms. The van der Waals surface area contributed by atoms with Gasteiger partial charge in [0.1, 0.15) is 0 Å². The lowest BCUT2D eigenvalue weighted by molar-refractivity contribution is 0.540. The molecular formula is C12H21N. The third kappa shape index (κ3) is 3.77. The molecule has 1 N–H and O–H groups in total. The Balaban J connectivity index is 2.35. The van der Waals surface area contributed by atoms with E-state index < -0.39 is 0 Å². The van der Waals surface area contributed by atoms with E-state index in [0.29, 0.717) is 6.04 Å². The average molecular weight is 179 g/mol. The molecule has 1 aliphatic carbocycles. The lowest BCUT2D eigenvalue weighted by Crippen LogP contribution is -2.25. The van der Waals surface area contributed by atoms with Gasteiger partial charge in [-0.15, -0.1) is 6.58 Å². The third-order valence-electron chi connectivity index (χ3n) is 2.75. The summed E-state index contributed by atoms with van der Waals surface area (Å²) in [7, 11) is 2.04. The predicted molar refractivity (Wildman–Crippen MR) is 58.8 cm³/mol. The summed E-state index contributed by atoms with van der Waals surface area (Å²) in [5.74, 6) is 0. The van der Waals surface area contributed by atoms with Crippen LogP contribution in [0.3, 0.4) is 0 Å². The smallest absolute Gasteiger partial charge is 0.0136 e. The van der Waals surface area contributed by atoms with Crippen LogP contribution < -0.4 is 5.32 Å². The van der Waals surface area contributed by atoms with Gasteiger partial charge in [-0.05, 0) is 45.6 Å². The second-order valence-corrected chi connectivity index (χ2v) is 3.82. The van der Waals surface area contributed by atoms with Gasteiger partial charge in [0.15, 0.2) is 0 Å². The summed E-state index contributed by atoms with van der Waals surface area (Å²) >= 11 is 0. The molecule has 0 bridgehead atoms. The first-order valence-electron chi connectivity index (χ1n) is 5.33. The van der Waals surface area contributed by atoms with E-state index in [1.165, 1.54) is 32.1 Å². The van der Waals surface area contributed by atoms with Crippen molar-refractivity contribution in [2.75, 3.05) is 7.05 Å². The SMILES string of the molecule is C=CCC(CC1=CCCCC1)NC. The normalized spacial score (nSPS) is 19.3. The molecule has 74 valence electrons. The maximum absolute atomic E-state index is 3.78. The number of rotatable bonds is 5. The molecule has 0 aromatic rings. The van der Waals surface area contributed by atoms with Gasteiger partial charge in [-0.3, -0.25) is 0 Å². The summed E-state index contributed by atoms with van der Waals surface area (Å²) in [6.45, 7) is 3.78. The van der Waals surface area contributed by atoms with Crippen molar-refractivity contribution in [3.63, 3.8) is 0 Å². The molecule has 1 nitrogen and oxygen atoms in total. The highest BCUT2D eigenvalue weighted by Gasteiger charge is 2.09. The van der Waals surface area contributed by atoms with E-state index in [1.54, 1.807) is 5.57 Å². The van der Waals surface area contributed by atoms with Crippen LogP contribution in [0, 0.1) is 0 Å². The van der Waals surface area contributed by atoms with Crippen molar-refractivity contribution in [1.29, 1.82) is 0 Å². The molecule has 1 rings (SSSR count). The first-order valence-corrected chi connectivity index (χ1v) is 5.33. The van der Waals surface area contributed by atoms with Crippen molar-refractivity contribution in [3.8, 4) is 0 Å². The number of nitrogens with one attached hydrogen (secondary N) is 1. The molecule has 0 fully saturated rings. The highest BCUT2D eigenvalue weighted by Crippen LogP contribution is 2.21. The minimum absolute atomic E-state index is 0.599. The summed E-state index contributed by atoms with van der Waals surface area (Å²) in [6.07, 6.45) is 12.1. The van der Waals surface area contributed by atoms with Crippen LogP contribution in [0.5, 0.6) is 0 Å². The van der Waals surface area contributed by atoms with Gasteiger partial charge in [0.05, 0.1) is 0 Å². The minimum Gasteiger partial charge on any atom is -0.316 e. The van der Waals surface area contributed by atoms with E-state index in [4.69, 9.17) is 0 Å². The number of hydrogen-bond acceptors (Lipinski definition) is 1. The highest BCUT2D eigenvalue weighted by molar-refractivity contribution is 5.07. The second kappa shape index (κ2) is 5.98. The fourth-order valence-electron chi connectivity index (χ4n) is 1.91. The first kappa shape index (κ1) is 10.5. The highest BCUT2D eigenvalue weighted by atomic mass is 14.9. The first-order chi connectivity index (χ1) is 6.36. The summed E-state index contributed by atoms with van der Waals surface area (Å²) in [6, 6.07) is 0.599. The Morgan fingerprint density at radius 2 is 2.46 bits per heavy atom. The van der Waals surface area contributed by atoms with Gasteiger partial charge < -0.3 is 5.32 Å². The van der Waals surface area contributed by atoms with E-state index in [9.17, 15) is 0 Å². The Morgan fingerprint density at radius 1 is 1.62 bits per heavy atom. The van der Waals surface area contributed by atoms with Gasteiger partial charge in [-0.25, -0.2) is 0 Å². The Hall–Kier alpha value is -0.560. The molecule has 0 aromatic carbocycles. The topological polar surface area (TPSA) is 12.0 Å². The molecule has 0 aliphatic heterocycles. The molecule has 0 aromatic heterocycles. The number of hydrogen-bond donors (Lipinski definition) is 1. The van der Waals surface area contributed by atoms with Gasteiger partial charge in [-0.2, -0.15) is 0 Å². The van der Waals surface area contributed by atoms with Crippen molar-refractivity contribution >= 4 is 0 Å². The van der Waals surface area contributed by atoms with Crippen molar-refractivity contribution in [3.05, 3.63) is 24.3 Å². The standard InChI is InChI=1S/C12H21N/c1-3-7-12(13-2)10-11-8-5-4-6-9-11/h3,8,12-13H,1,4-7,9-10H2,2H3. The molecule has 0 spiro atoms. The van der Waals surface area contributed by atoms with Crippen LogP contribution in [0.15, 0.2) is 24.3 Å². The molecule has 0 amide bonds. The molecule has 0 radical (unpaired) electrons. The Bertz CT molecular complexity index is 182. The van der Waals surface area contributed by atoms with Gasteiger partial charge in [0.2, 0.25) is 0 Å². The van der Waals surface area contributed by atoms with E-state index in [2.05, 4.69) is 18.0 Å². The maximum atomic E-state index is 3.78. The van der Waals surface area contributed by atoms with E-state index in [0.717, 1.165) is 6.42 Å². The van der Waals surface area contributed by atoms with Crippen LogP contribution >= 0.6 is 0 Å². The van der Waals surface area contributed by atoms with Crippen LogP contribution in [-0.2, 0) is 0 Å². The van der Waals surface area contributed by atoms with Crippen LogP contribution in [0.4, 0.5) is 0 Å². The van der Waals surface area contributed by atoms with Crippen LogP contribution in [-0.4, -0.2) is 13.1 Å². The van der Waals surface area contributed by atoms with Crippen molar-refractivity contribution in [2.45, 2.75) is 44.6 Å². The molecule has 0 saturated carbocycles. The third-order valence-corrected chi connectivity index (χ3v) is 2.75. The molecular weight excluding hydrogens is 158 g/mol. The van der Waals surface area contributed by atoms with Crippen molar-refractivity contribution < 1.29 is 0 Å². The molecule has 0 saturated heterocycles. The Morgan fingerprint density at radius 3 is 3.00 bits per heavy atom. The fourth-order valence-corrected chi connectivity index (χ4v) is 1.91. The average Bonchev–Trinajstić information content (AvgIpc) is 2.19. The van der Waals surface area contributed by atoms with Gasteiger partial charge >= 0.3 is 0 Å². The molecule has 1 aliphatic rings. The van der Waals surface area contributed by atoms with Crippen LogP contribution in [0.1, 0.15) is 38.5 Å². The lowest BCUT2D eigenvalue weighted by Gasteiger charge is -2.19. The fraction of sp³-hybridized carbons (Fsp3) is 0.667. The Labute approximate surface area is 81.9 Å². The zero-order chi connectivity index (χ0) is 9.52.